The van der Waals surface area contributed by atoms with E-state index in [9.17, 15) is 13.2 Å². The molecule has 8 nitrogen and oxygen atoms in total. The molecular weight excluding hydrogens is 348 g/mol. The molecule has 0 spiro atoms. The Bertz CT molecular complexity index is 715. The SMILES string of the molecule is COc1ccc(OC)c(N(C(C)C(=O)N2CCOCC2)S(C)(=O)=O)c1. The number of hydrogen-bond donors (Lipinski definition) is 0. The van der Waals surface area contributed by atoms with Crippen molar-refractivity contribution in [3.63, 3.8) is 0 Å². The lowest BCUT2D eigenvalue weighted by Crippen LogP contribution is -2.52. The lowest BCUT2D eigenvalue weighted by molar-refractivity contribution is -0.136. The molecule has 0 aromatic heterocycles. The normalized spacial score (nSPS) is 16.2. The monoisotopic (exact) mass is 372 g/mol. The summed E-state index contributed by atoms with van der Waals surface area (Å²) >= 11 is 0. The fraction of sp³-hybridized carbons (Fsp3) is 0.562. The summed E-state index contributed by atoms with van der Waals surface area (Å²) in [6.45, 7) is 3.34. The van der Waals surface area contributed by atoms with E-state index in [-0.39, 0.29) is 11.6 Å². The minimum absolute atomic E-state index is 0.262. The lowest BCUT2D eigenvalue weighted by Gasteiger charge is -2.34. The molecule has 2 rings (SSSR count). The number of hydrogen-bond acceptors (Lipinski definition) is 6. The average molecular weight is 372 g/mol. The van der Waals surface area contributed by atoms with Crippen molar-refractivity contribution in [2.75, 3.05) is 51.1 Å². The quantitative estimate of drug-likeness (QED) is 0.731. The van der Waals surface area contributed by atoms with Crippen LogP contribution in [0.1, 0.15) is 6.92 Å². The molecule has 1 aromatic rings. The van der Waals surface area contributed by atoms with Gasteiger partial charge in [0.15, 0.2) is 0 Å². The predicted molar refractivity (Wildman–Crippen MR) is 93.7 cm³/mol. The molecule has 0 bridgehead atoms. The first-order valence-electron chi connectivity index (χ1n) is 7.87. The molecule has 1 amide bonds. The summed E-state index contributed by atoms with van der Waals surface area (Å²) in [5.74, 6) is 0.530. The van der Waals surface area contributed by atoms with E-state index in [1.807, 2.05) is 0 Å². The smallest absolute Gasteiger partial charge is 0.246 e. The van der Waals surface area contributed by atoms with E-state index >= 15 is 0 Å². The van der Waals surface area contributed by atoms with Gasteiger partial charge in [-0.15, -0.1) is 0 Å². The first-order valence-corrected chi connectivity index (χ1v) is 9.72. The molecule has 140 valence electrons. The molecule has 9 heteroatoms. The summed E-state index contributed by atoms with van der Waals surface area (Å²) in [7, 11) is -0.810. The van der Waals surface area contributed by atoms with Crippen molar-refractivity contribution in [2.24, 2.45) is 0 Å². The number of sulfonamides is 1. The predicted octanol–water partition coefficient (Wildman–Crippen LogP) is 0.717. The van der Waals surface area contributed by atoms with Gasteiger partial charge < -0.3 is 19.1 Å². The van der Waals surface area contributed by atoms with Crippen LogP contribution >= 0.6 is 0 Å². The molecule has 1 unspecified atom stereocenters. The zero-order chi connectivity index (χ0) is 18.6. The molecule has 0 aliphatic carbocycles. The van der Waals surface area contributed by atoms with Crippen LogP contribution in [0, 0.1) is 0 Å². The second-order valence-electron chi connectivity index (χ2n) is 5.71. The third-order valence-electron chi connectivity index (χ3n) is 4.01. The first kappa shape index (κ1) is 19.3. The number of rotatable bonds is 6. The van der Waals surface area contributed by atoms with E-state index in [1.54, 1.807) is 30.0 Å². The Morgan fingerprint density at radius 3 is 2.40 bits per heavy atom. The minimum Gasteiger partial charge on any atom is -0.497 e. The summed E-state index contributed by atoms with van der Waals surface area (Å²) in [5.41, 5.74) is 0.262. The molecule has 1 atom stereocenters. The van der Waals surface area contributed by atoms with Gasteiger partial charge in [0, 0.05) is 19.2 Å². The van der Waals surface area contributed by atoms with Crippen LogP contribution in [0.5, 0.6) is 11.5 Å². The maximum absolute atomic E-state index is 12.8. The van der Waals surface area contributed by atoms with Crippen LogP contribution in [0.3, 0.4) is 0 Å². The minimum atomic E-state index is -3.74. The number of amides is 1. The number of nitrogens with zero attached hydrogens (tertiary/aromatic N) is 2. The number of carbonyl (C=O) groups excluding carboxylic acids is 1. The fourth-order valence-corrected chi connectivity index (χ4v) is 3.96. The van der Waals surface area contributed by atoms with Crippen LogP contribution in [0.4, 0.5) is 5.69 Å². The summed E-state index contributed by atoms with van der Waals surface area (Å²) < 4.78 is 41.7. The molecule has 1 fully saturated rings. The number of carbonyl (C=O) groups is 1. The number of methoxy groups -OCH3 is 2. The largest absolute Gasteiger partial charge is 0.497 e. The third-order valence-corrected chi connectivity index (χ3v) is 5.24. The summed E-state index contributed by atoms with van der Waals surface area (Å²) in [6.07, 6.45) is 1.06. The van der Waals surface area contributed by atoms with E-state index in [0.717, 1.165) is 10.6 Å². The molecule has 1 aromatic carbocycles. The summed E-state index contributed by atoms with van der Waals surface area (Å²) in [6, 6.07) is 3.90. The molecule has 1 aliphatic rings. The van der Waals surface area contributed by atoms with Crippen molar-refractivity contribution in [3.8, 4) is 11.5 Å². The Morgan fingerprint density at radius 2 is 1.88 bits per heavy atom. The van der Waals surface area contributed by atoms with Gasteiger partial charge in [0.2, 0.25) is 15.9 Å². The van der Waals surface area contributed by atoms with Crippen LogP contribution in [0.15, 0.2) is 18.2 Å². The molecule has 1 aliphatic heterocycles. The van der Waals surface area contributed by atoms with Crippen LogP contribution in [-0.2, 0) is 19.6 Å². The Balaban J connectivity index is 2.44. The fourth-order valence-electron chi connectivity index (χ4n) is 2.79. The van der Waals surface area contributed by atoms with Crippen LogP contribution < -0.4 is 13.8 Å². The maximum atomic E-state index is 12.8. The topological polar surface area (TPSA) is 85.4 Å². The number of ether oxygens (including phenoxy) is 3. The standard InChI is InChI=1S/C16H24N2O6S/c1-12(16(19)17-7-9-24-10-8-17)18(25(4,20)21)14-11-13(22-2)5-6-15(14)23-3/h5-6,11-12H,7-10H2,1-4H3. The van der Waals surface area contributed by atoms with Gasteiger partial charge in [-0.2, -0.15) is 0 Å². The highest BCUT2D eigenvalue weighted by Crippen LogP contribution is 2.35. The molecular formula is C16H24N2O6S. The third kappa shape index (κ3) is 4.35. The zero-order valence-electron chi connectivity index (χ0n) is 14.9. The van der Waals surface area contributed by atoms with E-state index < -0.39 is 16.1 Å². The van der Waals surface area contributed by atoms with Gasteiger partial charge in [-0.3, -0.25) is 9.10 Å². The number of morpholine rings is 1. The van der Waals surface area contributed by atoms with Crippen LogP contribution in [0.2, 0.25) is 0 Å². The molecule has 1 saturated heterocycles. The molecule has 0 saturated carbocycles. The van der Waals surface area contributed by atoms with Crippen molar-refractivity contribution in [2.45, 2.75) is 13.0 Å². The Hall–Kier alpha value is -2.00. The van der Waals surface area contributed by atoms with Gasteiger partial charge in [-0.1, -0.05) is 0 Å². The van der Waals surface area contributed by atoms with Gasteiger partial charge >= 0.3 is 0 Å². The Morgan fingerprint density at radius 1 is 1.24 bits per heavy atom. The van der Waals surface area contributed by atoms with Gasteiger partial charge in [-0.25, -0.2) is 8.42 Å². The molecule has 1 heterocycles. The van der Waals surface area contributed by atoms with Crippen molar-refractivity contribution in [3.05, 3.63) is 18.2 Å². The van der Waals surface area contributed by atoms with Gasteiger partial charge in [0.25, 0.3) is 0 Å². The first-order chi connectivity index (χ1) is 11.8. The van der Waals surface area contributed by atoms with Crippen LogP contribution in [-0.4, -0.2) is 72.0 Å². The van der Waals surface area contributed by atoms with Gasteiger partial charge in [0.05, 0.1) is 39.4 Å². The molecule has 0 radical (unpaired) electrons. The molecule has 25 heavy (non-hydrogen) atoms. The Labute approximate surface area is 148 Å². The van der Waals surface area contributed by atoms with Crippen LogP contribution in [0.25, 0.3) is 0 Å². The van der Waals surface area contributed by atoms with E-state index in [1.165, 1.54) is 14.2 Å². The summed E-state index contributed by atoms with van der Waals surface area (Å²) in [5, 5.41) is 0. The highest BCUT2D eigenvalue weighted by atomic mass is 32.2. The highest BCUT2D eigenvalue weighted by Gasteiger charge is 2.34. The second-order valence-corrected chi connectivity index (χ2v) is 7.57. The van der Waals surface area contributed by atoms with E-state index in [2.05, 4.69) is 0 Å². The van der Waals surface area contributed by atoms with Crippen molar-refractivity contribution >= 4 is 21.6 Å². The second kappa shape index (κ2) is 7.92. The highest BCUT2D eigenvalue weighted by molar-refractivity contribution is 7.92. The molecule has 0 N–H and O–H groups in total. The summed E-state index contributed by atoms with van der Waals surface area (Å²) in [4.78, 5) is 14.4. The van der Waals surface area contributed by atoms with E-state index in [4.69, 9.17) is 14.2 Å². The number of anilines is 1. The van der Waals surface area contributed by atoms with Crippen molar-refractivity contribution in [1.82, 2.24) is 4.90 Å². The van der Waals surface area contributed by atoms with Crippen molar-refractivity contribution < 1.29 is 27.4 Å². The Kier molecular flexibility index (Phi) is 6.12. The van der Waals surface area contributed by atoms with Crippen molar-refractivity contribution in [1.29, 1.82) is 0 Å². The zero-order valence-corrected chi connectivity index (χ0v) is 15.7. The lowest BCUT2D eigenvalue weighted by atomic mass is 10.2. The average Bonchev–Trinajstić information content (AvgIpc) is 2.60. The van der Waals surface area contributed by atoms with Gasteiger partial charge in [-0.05, 0) is 19.1 Å². The number of benzene rings is 1. The van der Waals surface area contributed by atoms with Gasteiger partial charge in [0.1, 0.15) is 17.5 Å². The maximum Gasteiger partial charge on any atom is 0.246 e. The van der Waals surface area contributed by atoms with E-state index in [0.29, 0.717) is 37.8 Å².